The predicted molar refractivity (Wildman–Crippen MR) is 123 cm³/mol. The van der Waals surface area contributed by atoms with E-state index in [4.69, 9.17) is 14.2 Å². The molecule has 2 aromatic rings. The van der Waals surface area contributed by atoms with Crippen molar-refractivity contribution in [2.75, 3.05) is 19.8 Å². The molecule has 0 saturated heterocycles. The van der Waals surface area contributed by atoms with Crippen LogP contribution in [-0.2, 0) is 20.7 Å². The highest BCUT2D eigenvalue weighted by atomic mass is 16.5. The van der Waals surface area contributed by atoms with Crippen LogP contribution in [0.25, 0.3) is 0 Å². The average molecular weight is 443 g/mol. The maximum Gasteiger partial charge on any atom is 0.340 e. The number of aliphatic carboxylic acids is 1. The Morgan fingerprint density at radius 3 is 2.22 bits per heavy atom. The van der Waals surface area contributed by atoms with Gasteiger partial charge >= 0.3 is 5.97 Å². The maximum atomic E-state index is 12.0. The zero-order valence-electron chi connectivity index (χ0n) is 18.8. The Balaban J connectivity index is 1.63. The molecule has 6 heteroatoms. The van der Waals surface area contributed by atoms with Gasteiger partial charge in [0.25, 0.3) is 0 Å². The van der Waals surface area contributed by atoms with Gasteiger partial charge in [-0.05, 0) is 61.9 Å². The molecule has 0 bridgehead atoms. The van der Waals surface area contributed by atoms with Crippen molar-refractivity contribution < 1.29 is 28.9 Å². The van der Waals surface area contributed by atoms with Gasteiger partial charge in [-0.1, -0.05) is 43.7 Å². The van der Waals surface area contributed by atoms with Crippen molar-refractivity contribution in [2.24, 2.45) is 0 Å². The number of rotatable bonds is 17. The van der Waals surface area contributed by atoms with E-state index in [0.717, 1.165) is 42.7 Å². The van der Waals surface area contributed by atoms with Crippen LogP contribution in [0.5, 0.6) is 11.5 Å². The lowest BCUT2D eigenvalue weighted by molar-refractivity contribution is -0.156. The van der Waals surface area contributed by atoms with E-state index in [-0.39, 0.29) is 18.8 Å². The molecule has 2 rings (SSSR count). The molecular weight excluding hydrogens is 408 g/mol. The summed E-state index contributed by atoms with van der Waals surface area (Å²) >= 11 is 0. The molecular formula is C26H34O6. The SMILES string of the molecule is CCCCC(=O)C(OCCCc1cccc(OCCCCOc2ccccc2)c1)C(=O)O. The molecule has 32 heavy (non-hydrogen) atoms. The number of ketones is 1. The Morgan fingerprint density at radius 2 is 1.53 bits per heavy atom. The number of hydrogen-bond donors (Lipinski definition) is 1. The molecule has 0 fully saturated rings. The number of unbranched alkanes of at least 4 members (excludes halogenated alkanes) is 2. The standard InChI is InChI=1S/C26H34O6/c1-2-3-16-24(27)25(26(28)29)32-19-10-12-21-11-9-15-23(20-21)31-18-8-7-17-30-22-13-5-4-6-14-22/h4-6,9,11,13-15,20,25H,2-3,7-8,10,12,16-19H2,1H3,(H,28,29). The largest absolute Gasteiger partial charge is 0.494 e. The third-order valence-electron chi connectivity index (χ3n) is 4.91. The van der Waals surface area contributed by atoms with Gasteiger partial charge < -0.3 is 19.3 Å². The van der Waals surface area contributed by atoms with Gasteiger partial charge in [0.1, 0.15) is 11.5 Å². The van der Waals surface area contributed by atoms with Crippen LogP contribution in [0.1, 0.15) is 51.0 Å². The number of ether oxygens (including phenoxy) is 3. The first-order valence-corrected chi connectivity index (χ1v) is 11.4. The Morgan fingerprint density at radius 1 is 0.844 bits per heavy atom. The van der Waals surface area contributed by atoms with Gasteiger partial charge in [-0.25, -0.2) is 4.79 Å². The minimum Gasteiger partial charge on any atom is -0.494 e. The molecule has 174 valence electrons. The molecule has 0 aliphatic rings. The molecule has 0 saturated carbocycles. The molecule has 1 unspecified atom stereocenters. The molecule has 0 aromatic heterocycles. The zero-order valence-corrected chi connectivity index (χ0v) is 18.8. The Kier molecular flexibility index (Phi) is 11.9. The van der Waals surface area contributed by atoms with Crippen LogP contribution in [0.3, 0.4) is 0 Å². The summed E-state index contributed by atoms with van der Waals surface area (Å²) in [4.78, 5) is 23.2. The summed E-state index contributed by atoms with van der Waals surface area (Å²) in [5.74, 6) is 0.121. The highest BCUT2D eigenvalue weighted by molar-refractivity contribution is 6.01. The van der Waals surface area contributed by atoms with Crippen molar-refractivity contribution in [2.45, 2.75) is 58.0 Å². The fourth-order valence-corrected chi connectivity index (χ4v) is 3.15. The number of carbonyl (C=O) groups excluding carboxylic acids is 1. The fraction of sp³-hybridized carbons (Fsp3) is 0.462. The highest BCUT2D eigenvalue weighted by Crippen LogP contribution is 2.16. The van der Waals surface area contributed by atoms with Crippen LogP contribution >= 0.6 is 0 Å². The zero-order chi connectivity index (χ0) is 23.0. The number of aryl methyl sites for hydroxylation is 1. The van der Waals surface area contributed by atoms with E-state index in [1.54, 1.807) is 0 Å². The average Bonchev–Trinajstić information content (AvgIpc) is 2.80. The Hall–Kier alpha value is -2.86. The molecule has 0 radical (unpaired) electrons. The van der Waals surface area contributed by atoms with Crippen molar-refractivity contribution in [1.82, 2.24) is 0 Å². The smallest absolute Gasteiger partial charge is 0.340 e. The molecule has 2 aromatic carbocycles. The van der Waals surface area contributed by atoms with Gasteiger partial charge in [-0.2, -0.15) is 0 Å². The van der Waals surface area contributed by atoms with Crippen molar-refractivity contribution >= 4 is 11.8 Å². The molecule has 1 atom stereocenters. The summed E-state index contributed by atoms with van der Waals surface area (Å²) in [7, 11) is 0. The van der Waals surface area contributed by atoms with Crippen LogP contribution in [0, 0.1) is 0 Å². The second-order valence-electron chi connectivity index (χ2n) is 7.63. The first kappa shape index (κ1) is 25.4. The summed E-state index contributed by atoms with van der Waals surface area (Å²) in [5.41, 5.74) is 1.09. The van der Waals surface area contributed by atoms with E-state index >= 15 is 0 Å². The van der Waals surface area contributed by atoms with Gasteiger partial charge in [0.15, 0.2) is 5.78 Å². The van der Waals surface area contributed by atoms with Crippen LogP contribution in [0.2, 0.25) is 0 Å². The van der Waals surface area contributed by atoms with E-state index in [1.165, 1.54) is 0 Å². The number of carboxylic acids is 1. The summed E-state index contributed by atoms with van der Waals surface area (Å²) < 4.78 is 16.9. The molecule has 0 heterocycles. The molecule has 0 aliphatic carbocycles. The molecule has 0 amide bonds. The van der Waals surface area contributed by atoms with Crippen molar-refractivity contribution in [3.05, 3.63) is 60.2 Å². The normalized spacial score (nSPS) is 11.7. The number of benzene rings is 2. The van der Waals surface area contributed by atoms with Crippen LogP contribution < -0.4 is 9.47 Å². The molecule has 0 aliphatic heterocycles. The van der Waals surface area contributed by atoms with E-state index in [9.17, 15) is 14.7 Å². The number of para-hydroxylation sites is 1. The second kappa shape index (κ2) is 15.0. The summed E-state index contributed by atoms with van der Waals surface area (Å²) in [6.07, 6.45) is 3.56. The summed E-state index contributed by atoms with van der Waals surface area (Å²) in [6.45, 7) is 3.46. The lowest BCUT2D eigenvalue weighted by atomic mass is 10.1. The first-order chi connectivity index (χ1) is 15.6. The second-order valence-corrected chi connectivity index (χ2v) is 7.63. The highest BCUT2D eigenvalue weighted by Gasteiger charge is 2.25. The number of carboxylic acid groups (broad SMARTS) is 1. The third-order valence-corrected chi connectivity index (χ3v) is 4.91. The Bertz CT molecular complexity index is 805. The van der Waals surface area contributed by atoms with E-state index in [1.807, 2.05) is 61.5 Å². The van der Waals surface area contributed by atoms with E-state index in [0.29, 0.717) is 26.1 Å². The van der Waals surface area contributed by atoms with Crippen molar-refractivity contribution in [1.29, 1.82) is 0 Å². The first-order valence-electron chi connectivity index (χ1n) is 11.4. The Labute approximate surface area is 190 Å². The molecule has 1 N–H and O–H groups in total. The minimum absolute atomic E-state index is 0.224. The fourth-order valence-electron chi connectivity index (χ4n) is 3.15. The van der Waals surface area contributed by atoms with Gasteiger partial charge in [0.2, 0.25) is 6.10 Å². The summed E-state index contributed by atoms with van der Waals surface area (Å²) in [5, 5.41) is 9.22. The number of carbonyl (C=O) groups is 2. The van der Waals surface area contributed by atoms with Crippen molar-refractivity contribution in [3.8, 4) is 11.5 Å². The van der Waals surface area contributed by atoms with Crippen LogP contribution in [-0.4, -0.2) is 42.8 Å². The topological polar surface area (TPSA) is 82.1 Å². The third kappa shape index (κ3) is 9.96. The quantitative estimate of drug-likeness (QED) is 0.272. The number of hydrogen-bond acceptors (Lipinski definition) is 5. The van der Waals surface area contributed by atoms with Gasteiger partial charge in [-0.15, -0.1) is 0 Å². The number of Topliss-reactive ketones (excluding diaryl/α,β-unsaturated/α-hetero) is 1. The lowest BCUT2D eigenvalue weighted by Gasteiger charge is -2.13. The van der Waals surface area contributed by atoms with Crippen LogP contribution in [0.15, 0.2) is 54.6 Å². The van der Waals surface area contributed by atoms with E-state index in [2.05, 4.69) is 0 Å². The van der Waals surface area contributed by atoms with E-state index < -0.39 is 12.1 Å². The lowest BCUT2D eigenvalue weighted by Crippen LogP contribution is -2.33. The predicted octanol–water partition coefficient (Wildman–Crippen LogP) is 5.09. The summed E-state index contributed by atoms with van der Waals surface area (Å²) in [6, 6.07) is 17.6. The maximum absolute atomic E-state index is 12.0. The molecule has 6 nitrogen and oxygen atoms in total. The monoisotopic (exact) mass is 442 g/mol. The van der Waals surface area contributed by atoms with Gasteiger partial charge in [-0.3, -0.25) is 4.79 Å². The van der Waals surface area contributed by atoms with Gasteiger partial charge in [0, 0.05) is 13.0 Å². The van der Waals surface area contributed by atoms with Gasteiger partial charge in [0.05, 0.1) is 13.2 Å². The molecule has 0 spiro atoms. The van der Waals surface area contributed by atoms with Crippen LogP contribution in [0.4, 0.5) is 0 Å². The minimum atomic E-state index is -1.36. The van der Waals surface area contributed by atoms with Crippen molar-refractivity contribution in [3.63, 3.8) is 0 Å².